The molecule has 2 N–H and O–H groups in total. The second-order valence-corrected chi connectivity index (χ2v) is 6.79. The number of nitrogen functional groups attached to an aromatic ring is 1. The highest BCUT2D eigenvalue weighted by atomic mass is 16.5. The largest absolute Gasteiger partial charge is 0.489 e. The van der Waals surface area contributed by atoms with Crippen LogP contribution in [0.2, 0.25) is 0 Å². The smallest absolute Gasteiger partial charge is 0.142 e. The number of nitrogens with two attached hydrogens (primary N) is 1. The minimum atomic E-state index is 0.323. The lowest BCUT2D eigenvalue weighted by Gasteiger charge is -2.21. The Morgan fingerprint density at radius 1 is 1.04 bits per heavy atom. The molecule has 0 saturated carbocycles. The van der Waals surface area contributed by atoms with Crippen molar-refractivity contribution < 1.29 is 4.74 Å². The van der Waals surface area contributed by atoms with Crippen LogP contribution in [0.4, 0.5) is 5.82 Å². The average Bonchev–Trinajstić information content (AvgIpc) is 2.72. The number of anilines is 1. The van der Waals surface area contributed by atoms with Gasteiger partial charge in [0, 0.05) is 11.3 Å². The van der Waals surface area contributed by atoms with Gasteiger partial charge in [0.2, 0.25) is 0 Å². The van der Waals surface area contributed by atoms with Crippen LogP contribution in [0.1, 0.15) is 35.2 Å². The van der Waals surface area contributed by atoms with Gasteiger partial charge in [0.25, 0.3) is 0 Å². The average molecular weight is 355 g/mol. The summed E-state index contributed by atoms with van der Waals surface area (Å²) in [4.78, 5) is 4.49. The van der Waals surface area contributed by atoms with E-state index in [9.17, 15) is 5.26 Å². The van der Waals surface area contributed by atoms with Crippen molar-refractivity contribution in [1.82, 2.24) is 4.98 Å². The number of hydrogen-bond acceptors (Lipinski definition) is 4. The van der Waals surface area contributed by atoms with Gasteiger partial charge in [0.15, 0.2) is 0 Å². The molecule has 4 nitrogen and oxygen atoms in total. The summed E-state index contributed by atoms with van der Waals surface area (Å²) >= 11 is 0. The molecule has 0 amide bonds. The number of hydrogen-bond donors (Lipinski definition) is 1. The molecule has 0 unspecified atom stereocenters. The van der Waals surface area contributed by atoms with Gasteiger partial charge < -0.3 is 10.5 Å². The van der Waals surface area contributed by atoms with Gasteiger partial charge in [-0.15, -0.1) is 0 Å². The van der Waals surface area contributed by atoms with Crippen molar-refractivity contribution in [1.29, 1.82) is 5.26 Å². The molecule has 1 aromatic heterocycles. The van der Waals surface area contributed by atoms with Crippen molar-refractivity contribution in [3.8, 4) is 22.9 Å². The molecule has 4 heteroatoms. The predicted molar refractivity (Wildman–Crippen MR) is 106 cm³/mol. The summed E-state index contributed by atoms with van der Waals surface area (Å²) in [5.41, 5.74) is 11.8. The molecular formula is C23H21N3O. The van der Waals surface area contributed by atoms with Crippen LogP contribution in [0.3, 0.4) is 0 Å². The maximum Gasteiger partial charge on any atom is 0.142 e. The highest BCUT2D eigenvalue weighted by Crippen LogP contribution is 2.37. The van der Waals surface area contributed by atoms with Crippen molar-refractivity contribution in [2.45, 2.75) is 32.3 Å². The number of nitriles is 1. The van der Waals surface area contributed by atoms with E-state index < -0.39 is 0 Å². The Kier molecular flexibility index (Phi) is 4.76. The van der Waals surface area contributed by atoms with E-state index in [0.29, 0.717) is 18.0 Å². The normalized spacial score (nSPS) is 12.9. The summed E-state index contributed by atoms with van der Waals surface area (Å²) in [5, 5.41) is 9.68. The standard InChI is InChI=1S/C23H21N3O/c24-14-20-22(19-11-4-5-12-21(19)26-23(20)25)17-9-6-10-18(13-17)27-15-16-7-2-1-3-8-16/h1-3,6-10,13H,4-5,11-12,15H2,(H2,25,26). The molecule has 3 aromatic rings. The molecular weight excluding hydrogens is 334 g/mol. The van der Waals surface area contributed by atoms with Crippen molar-refractivity contribution >= 4 is 5.82 Å². The molecule has 1 aliphatic carbocycles. The number of pyridine rings is 1. The first-order chi connectivity index (χ1) is 13.3. The zero-order chi connectivity index (χ0) is 18.6. The van der Waals surface area contributed by atoms with E-state index in [1.807, 2.05) is 54.6 Å². The summed E-state index contributed by atoms with van der Waals surface area (Å²) in [7, 11) is 0. The predicted octanol–water partition coefficient (Wildman–Crippen LogP) is 4.66. The van der Waals surface area contributed by atoms with E-state index in [4.69, 9.17) is 10.5 Å². The molecule has 0 fully saturated rings. The maximum absolute atomic E-state index is 9.68. The fourth-order valence-corrected chi connectivity index (χ4v) is 3.68. The van der Waals surface area contributed by atoms with Crippen LogP contribution in [0.5, 0.6) is 5.75 Å². The topological polar surface area (TPSA) is 71.9 Å². The van der Waals surface area contributed by atoms with Gasteiger partial charge in [0.1, 0.15) is 29.8 Å². The fourth-order valence-electron chi connectivity index (χ4n) is 3.68. The minimum absolute atomic E-state index is 0.323. The summed E-state index contributed by atoms with van der Waals surface area (Å²) in [6.45, 7) is 0.506. The molecule has 1 heterocycles. The van der Waals surface area contributed by atoms with Crippen LogP contribution in [0.25, 0.3) is 11.1 Å². The van der Waals surface area contributed by atoms with Gasteiger partial charge in [-0.1, -0.05) is 42.5 Å². The third kappa shape index (κ3) is 3.50. The lowest BCUT2D eigenvalue weighted by Crippen LogP contribution is -2.11. The lowest BCUT2D eigenvalue weighted by molar-refractivity contribution is 0.306. The van der Waals surface area contributed by atoms with Gasteiger partial charge in [-0.05, 0) is 54.5 Å². The number of aryl methyl sites for hydroxylation is 1. The monoisotopic (exact) mass is 355 g/mol. The molecule has 4 rings (SSSR count). The molecule has 27 heavy (non-hydrogen) atoms. The fraction of sp³-hybridized carbons (Fsp3) is 0.217. The van der Waals surface area contributed by atoms with E-state index in [1.165, 1.54) is 0 Å². The Hall–Kier alpha value is -3.32. The summed E-state index contributed by atoms with van der Waals surface area (Å²) in [6.07, 6.45) is 4.08. The minimum Gasteiger partial charge on any atom is -0.489 e. The number of nitrogens with zero attached hydrogens (tertiary/aromatic N) is 2. The SMILES string of the molecule is N#Cc1c(N)nc2c(c1-c1cccc(OCc3ccccc3)c1)CCCC2. The van der Waals surface area contributed by atoms with Crippen LogP contribution in [0.15, 0.2) is 54.6 Å². The number of benzene rings is 2. The number of ether oxygens (including phenoxy) is 1. The molecule has 0 radical (unpaired) electrons. The van der Waals surface area contributed by atoms with Crippen LogP contribution < -0.4 is 10.5 Å². The summed E-state index contributed by atoms with van der Waals surface area (Å²) in [6, 6.07) is 20.2. The van der Waals surface area contributed by atoms with Crippen molar-refractivity contribution in [3.05, 3.63) is 77.0 Å². The van der Waals surface area contributed by atoms with Crippen molar-refractivity contribution in [2.24, 2.45) is 0 Å². The molecule has 0 bridgehead atoms. The quantitative estimate of drug-likeness (QED) is 0.739. The summed E-state index contributed by atoms with van der Waals surface area (Å²) in [5.74, 6) is 1.10. The van der Waals surface area contributed by atoms with Crippen LogP contribution >= 0.6 is 0 Å². The van der Waals surface area contributed by atoms with Crippen molar-refractivity contribution in [2.75, 3.05) is 5.73 Å². The second-order valence-electron chi connectivity index (χ2n) is 6.79. The van der Waals surface area contributed by atoms with E-state index in [0.717, 1.165) is 59.4 Å². The van der Waals surface area contributed by atoms with Gasteiger partial charge in [-0.3, -0.25) is 0 Å². The molecule has 0 spiro atoms. The van der Waals surface area contributed by atoms with E-state index in [-0.39, 0.29) is 0 Å². The van der Waals surface area contributed by atoms with Gasteiger partial charge in [-0.2, -0.15) is 5.26 Å². The highest BCUT2D eigenvalue weighted by molar-refractivity contribution is 5.80. The third-order valence-corrected chi connectivity index (χ3v) is 4.98. The molecule has 134 valence electrons. The maximum atomic E-state index is 9.68. The Bertz CT molecular complexity index is 1010. The molecule has 1 aliphatic rings. The third-order valence-electron chi connectivity index (χ3n) is 4.98. The van der Waals surface area contributed by atoms with Crippen LogP contribution in [-0.4, -0.2) is 4.98 Å². The number of rotatable bonds is 4. The molecule has 2 aromatic carbocycles. The van der Waals surface area contributed by atoms with Crippen molar-refractivity contribution in [3.63, 3.8) is 0 Å². The number of fused-ring (bicyclic) bond motifs is 1. The zero-order valence-corrected chi connectivity index (χ0v) is 15.1. The van der Waals surface area contributed by atoms with E-state index >= 15 is 0 Å². The van der Waals surface area contributed by atoms with E-state index in [2.05, 4.69) is 11.1 Å². The van der Waals surface area contributed by atoms with Crippen LogP contribution in [-0.2, 0) is 19.4 Å². The Morgan fingerprint density at radius 2 is 1.85 bits per heavy atom. The first kappa shape index (κ1) is 17.1. The zero-order valence-electron chi connectivity index (χ0n) is 15.1. The first-order valence-corrected chi connectivity index (χ1v) is 9.25. The molecule has 0 saturated heterocycles. The van der Waals surface area contributed by atoms with Gasteiger partial charge in [0.05, 0.1) is 0 Å². The molecule has 0 atom stereocenters. The first-order valence-electron chi connectivity index (χ1n) is 9.25. The van der Waals surface area contributed by atoms with Gasteiger partial charge in [-0.25, -0.2) is 4.98 Å². The van der Waals surface area contributed by atoms with Gasteiger partial charge >= 0.3 is 0 Å². The Morgan fingerprint density at radius 3 is 2.67 bits per heavy atom. The summed E-state index contributed by atoms with van der Waals surface area (Å²) < 4.78 is 5.97. The second kappa shape index (κ2) is 7.51. The van der Waals surface area contributed by atoms with Crippen LogP contribution in [0, 0.1) is 11.3 Å². The van der Waals surface area contributed by atoms with E-state index in [1.54, 1.807) is 0 Å². The Balaban J connectivity index is 1.72. The highest BCUT2D eigenvalue weighted by Gasteiger charge is 2.22. The molecule has 0 aliphatic heterocycles. The number of aromatic nitrogens is 1. The lowest BCUT2D eigenvalue weighted by atomic mass is 9.86. The Labute approximate surface area is 159 Å².